The van der Waals surface area contributed by atoms with Crippen LogP contribution in [0.15, 0.2) is 433 Å². The van der Waals surface area contributed by atoms with Crippen LogP contribution in [0.1, 0.15) is 25.0 Å². The van der Waals surface area contributed by atoms with Crippen molar-refractivity contribution in [2.75, 3.05) is 0 Å². The minimum Gasteiger partial charge on any atom is -0.456 e. The average Bonchev–Trinajstić information content (AvgIpc) is 1.62. The normalized spacial score (nSPS) is 12.2. The van der Waals surface area contributed by atoms with E-state index >= 15 is 0 Å². The van der Waals surface area contributed by atoms with Crippen molar-refractivity contribution in [3.05, 3.63) is 436 Å². The third-order valence-corrected chi connectivity index (χ3v) is 25.5. The zero-order valence-corrected chi connectivity index (χ0v) is 70.3. The number of aromatic nitrogens is 8. The van der Waals surface area contributed by atoms with Crippen LogP contribution < -0.4 is 0 Å². The molecule has 25 rings (SSSR count). The molecule has 6 aromatic heterocycles. The standard InChI is InChI=1S/C61H40N4O.C58H36N4O/c1-61(2)49-22-12-9-19-44(49)45-34-33-43(35-50(45)61)60-64-58(41-17-7-4-8-18-41)63-59(65-60)42-31-27-39(28-32-42)54-55-46-20-10-13-23-51(46)62-57(40-29-25-38(26-30-40)37-15-5-3-6-16-37)48(55)36-53-56(54)47-21-11-14-24-52(47)66-53;1-4-14-37(15-5-1)39-24-30-42(31-25-39)55-48-36-51-54(47-21-11-13-23-50(47)63-51)52(53(48)46-20-10-12-22-49(46)59-55)41-28-34-45(35-29-41)58-61-56(43-18-8-3-9-19-43)60-57(62-58)44-32-26-40(27-33-44)38-16-6-2-7-17-38/h3-36H,1-2H3;1-36H. The van der Waals surface area contributed by atoms with Crippen LogP contribution in [-0.4, -0.2) is 39.9 Å². The first-order valence-electron chi connectivity index (χ1n) is 43.6. The molecular formula is C119H76N8O2. The van der Waals surface area contributed by atoms with Gasteiger partial charge in [0.25, 0.3) is 0 Å². The molecule has 604 valence electrons. The highest BCUT2D eigenvalue weighted by atomic mass is 16.3. The summed E-state index contributed by atoms with van der Waals surface area (Å²) in [6.07, 6.45) is 0. The zero-order chi connectivity index (χ0) is 85.6. The molecule has 10 heteroatoms. The molecule has 0 spiro atoms. The van der Waals surface area contributed by atoms with E-state index in [1.54, 1.807) is 0 Å². The Balaban J connectivity index is 0.000000143. The molecule has 0 unspecified atom stereocenters. The fourth-order valence-electron chi connectivity index (χ4n) is 19.1. The van der Waals surface area contributed by atoms with Crippen LogP contribution in [0.5, 0.6) is 0 Å². The maximum Gasteiger partial charge on any atom is 0.164 e. The predicted octanol–water partition coefficient (Wildman–Crippen LogP) is 30.9. The van der Waals surface area contributed by atoms with Crippen LogP contribution in [0.25, 0.3) is 245 Å². The van der Waals surface area contributed by atoms with E-state index in [0.29, 0.717) is 34.9 Å². The van der Waals surface area contributed by atoms with Crippen molar-refractivity contribution in [2.24, 2.45) is 0 Å². The van der Waals surface area contributed by atoms with Crippen LogP contribution in [-0.2, 0) is 5.41 Å². The van der Waals surface area contributed by atoms with E-state index in [4.69, 9.17) is 48.7 Å². The molecule has 24 aromatic rings. The molecule has 0 aliphatic heterocycles. The molecule has 1 aliphatic rings. The molecular weight excluding hydrogens is 1570 g/mol. The summed E-state index contributed by atoms with van der Waals surface area (Å²) in [5, 5.41) is 10.8. The second-order valence-electron chi connectivity index (χ2n) is 33.5. The Morgan fingerprint density at radius 3 is 0.837 bits per heavy atom. The molecule has 18 aromatic carbocycles. The van der Waals surface area contributed by atoms with Crippen molar-refractivity contribution in [1.82, 2.24) is 39.9 Å². The van der Waals surface area contributed by atoms with Crippen molar-refractivity contribution in [3.63, 3.8) is 0 Å². The largest absolute Gasteiger partial charge is 0.456 e. The molecule has 0 amide bonds. The highest BCUT2D eigenvalue weighted by Crippen LogP contribution is 2.52. The molecule has 6 heterocycles. The van der Waals surface area contributed by atoms with Crippen LogP contribution in [0, 0.1) is 0 Å². The first kappa shape index (κ1) is 75.6. The number of benzene rings is 18. The van der Waals surface area contributed by atoms with Crippen molar-refractivity contribution in [1.29, 1.82) is 0 Å². The number of pyridine rings is 2. The summed E-state index contributed by atoms with van der Waals surface area (Å²) in [5.74, 6) is 3.72. The maximum absolute atomic E-state index is 6.71. The smallest absolute Gasteiger partial charge is 0.164 e. The van der Waals surface area contributed by atoms with Crippen molar-refractivity contribution in [2.45, 2.75) is 19.3 Å². The minimum absolute atomic E-state index is 0.154. The molecule has 0 fully saturated rings. The molecule has 1 aliphatic carbocycles. The molecule has 0 radical (unpaired) electrons. The quantitative estimate of drug-likeness (QED) is 0.103. The zero-order valence-electron chi connectivity index (χ0n) is 70.3. The van der Waals surface area contributed by atoms with Crippen LogP contribution in [0.4, 0.5) is 0 Å². The Morgan fingerprint density at radius 2 is 0.450 bits per heavy atom. The molecule has 0 saturated heterocycles. The number of para-hydroxylation sites is 4. The van der Waals surface area contributed by atoms with Gasteiger partial charge in [0.15, 0.2) is 34.9 Å². The fraction of sp³-hybridized carbons (Fsp3) is 0.0252. The molecule has 129 heavy (non-hydrogen) atoms. The van der Waals surface area contributed by atoms with Crippen LogP contribution in [0.2, 0.25) is 0 Å². The summed E-state index contributed by atoms with van der Waals surface area (Å²) >= 11 is 0. The topological polar surface area (TPSA) is 129 Å². The first-order chi connectivity index (χ1) is 63.7. The monoisotopic (exact) mass is 1650 g/mol. The molecule has 0 saturated carbocycles. The third kappa shape index (κ3) is 13.4. The van der Waals surface area contributed by atoms with E-state index < -0.39 is 0 Å². The Hall–Kier alpha value is -17.1. The van der Waals surface area contributed by atoms with Gasteiger partial charge in [-0.15, -0.1) is 0 Å². The Morgan fingerprint density at radius 1 is 0.178 bits per heavy atom. The van der Waals surface area contributed by atoms with Crippen molar-refractivity contribution < 1.29 is 8.83 Å². The summed E-state index contributed by atoms with van der Waals surface area (Å²) in [6, 6.07) is 148. The lowest BCUT2D eigenvalue weighted by atomic mass is 9.82. The van der Waals surface area contributed by atoms with Gasteiger partial charge in [-0.05, 0) is 109 Å². The van der Waals surface area contributed by atoms with E-state index in [1.165, 1.54) is 33.4 Å². The second-order valence-corrected chi connectivity index (χ2v) is 33.5. The lowest BCUT2D eigenvalue weighted by molar-refractivity contribution is 0.660. The van der Waals surface area contributed by atoms with E-state index in [-0.39, 0.29) is 5.41 Å². The average molecular weight is 1650 g/mol. The van der Waals surface area contributed by atoms with Gasteiger partial charge in [0.05, 0.1) is 22.4 Å². The van der Waals surface area contributed by atoms with Crippen LogP contribution >= 0.6 is 0 Å². The van der Waals surface area contributed by atoms with E-state index in [0.717, 1.165) is 188 Å². The first-order valence-corrected chi connectivity index (χ1v) is 43.6. The SMILES string of the molecule is CC1(C)c2ccccc2-c2ccc(-c3nc(-c4ccccc4)nc(-c4ccc(-c5c6c(cc7c(-c8ccc(-c9ccccc9)cc8)nc8ccccc8c57)oc5ccccc56)cc4)n3)cc21.c1ccc(-c2ccc(-c3nc(-c4ccccc4)nc(-c4ccc(-c5c6c(cc7c(-c8ccc(-c9ccccc9)cc8)nc8ccccc8c57)oc5ccccc56)cc4)n3)cc2)cc1. The highest BCUT2D eigenvalue weighted by molar-refractivity contribution is 6.29. The van der Waals surface area contributed by atoms with Gasteiger partial charge in [0.2, 0.25) is 0 Å². The van der Waals surface area contributed by atoms with Gasteiger partial charge in [0.1, 0.15) is 22.3 Å². The Kier molecular flexibility index (Phi) is 18.4. The molecule has 10 nitrogen and oxygen atoms in total. The van der Waals surface area contributed by atoms with Gasteiger partial charge in [0, 0.05) is 115 Å². The summed E-state index contributed by atoms with van der Waals surface area (Å²) in [7, 11) is 0. The minimum atomic E-state index is -0.154. The van der Waals surface area contributed by atoms with Gasteiger partial charge >= 0.3 is 0 Å². The van der Waals surface area contributed by atoms with Crippen LogP contribution in [0.3, 0.4) is 0 Å². The molecule has 0 bridgehead atoms. The van der Waals surface area contributed by atoms with E-state index in [2.05, 4.69) is 354 Å². The number of hydrogen-bond donors (Lipinski definition) is 0. The second kappa shape index (κ2) is 31.3. The molecule has 0 N–H and O–H groups in total. The fourth-order valence-corrected chi connectivity index (χ4v) is 19.1. The van der Waals surface area contributed by atoms with Gasteiger partial charge in [-0.25, -0.2) is 39.9 Å². The number of hydrogen-bond acceptors (Lipinski definition) is 10. The lowest BCUT2D eigenvalue weighted by Crippen LogP contribution is -2.15. The van der Waals surface area contributed by atoms with Gasteiger partial charge in [-0.2, -0.15) is 0 Å². The van der Waals surface area contributed by atoms with Gasteiger partial charge in [-0.1, -0.05) is 396 Å². The van der Waals surface area contributed by atoms with Crippen molar-refractivity contribution >= 4 is 87.2 Å². The lowest BCUT2D eigenvalue weighted by Gasteiger charge is -2.21. The van der Waals surface area contributed by atoms with Crippen molar-refractivity contribution in [3.8, 4) is 158 Å². The predicted molar refractivity (Wildman–Crippen MR) is 528 cm³/mol. The summed E-state index contributed by atoms with van der Waals surface area (Å²) in [4.78, 5) is 41.4. The molecule has 0 atom stereocenters. The number of fused-ring (bicyclic) bond motifs is 15. The number of rotatable bonds is 13. The summed E-state index contributed by atoms with van der Waals surface area (Å²) in [6.45, 7) is 4.60. The number of furan rings is 2. The van der Waals surface area contributed by atoms with Gasteiger partial charge in [-0.3, -0.25) is 0 Å². The maximum atomic E-state index is 6.71. The van der Waals surface area contributed by atoms with E-state index in [9.17, 15) is 0 Å². The Bertz CT molecular complexity index is 8500. The van der Waals surface area contributed by atoms with Gasteiger partial charge < -0.3 is 8.83 Å². The summed E-state index contributed by atoms with van der Waals surface area (Å²) < 4.78 is 13.4. The van der Waals surface area contributed by atoms with E-state index in [1.807, 2.05) is 84.9 Å². The third-order valence-electron chi connectivity index (χ3n) is 25.5. The summed E-state index contributed by atoms with van der Waals surface area (Å²) in [5.41, 5.74) is 30.9. The highest BCUT2D eigenvalue weighted by Gasteiger charge is 2.36. The number of nitrogens with zero attached hydrogens (tertiary/aromatic N) is 8. The Labute approximate surface area is 743 Å².